The lowest BCUT2D eigenvalue weighted by Gasteiger charge is -2.20. The lowest BCUT2D eigenvalue weighted by atomic mass is 9.96. The topological polar surface area (TPSA) is 69.2 Å². The summed E-state index contributed by atoms with van der Waals surface area (Å²) in [6.45, 7) is 6.44. The van der Waals surface area contributed by atoms with Crippen LogP contribution in [0.2, 0.25) is 5.02 Å². The molecule has 0 radical (unpaired) electrons. The van der Waals surface area contributed by atoms with Crippen molar-refractivity contribution in [3.05, 3.63) is 100 Å². The SMILES string of the molecule is CSc1cccc(COc2cc(OCc3cccc(-c4ccc5c(c4)OCCO5)c3C)c(Cl)cc2CNC(C)CO)c1. The second-order valence-corrected chi connectivity index (χ2v) is 11.5. The summed E-state index contributed by atoms with van der Waals surface area (Å²) < 4.78 is 24.1. The Morgan fingerprint density at radius 2 is 1.69 bits per heavy atom. The Bertz CT molecular complexity index is 1530. The van der Waals surface area contributed by atoms with Crippen molar-refractivity contribution in [2.24, 2.45) is 0 Å². The molecule has 0 spiro atoms. The van der Waals surface area contributed by atoms with Crippen LogP contribution in [0.25, 0.3) is 11.1 Å². The van der Waals surface area contributed by atoms with E-state index >= 15 is 0 Å². The minimum atomic E-state index is -0.0599. The summed E-state index contributed by atoms with van der Waals surface area (Å²) in [4.78, 5) is 1.18. The number of aliphatic hydroxyl groups is 1. The molecule has 1 heterocycles. The van der Waals surface area contributed by atoms with Crippen LogP contribution in [0, 0.1) is 6.92 Å². The van der Waals surface area contributed by atoms with Crippen molar-refractivity contribution in [1.82, 2.24) is 5.32 Å². The Balaban J connectivity index is 1.36. The molecule has 42 heavy (non-hydrogen) atoms. The molecule has 0 fully saturated rings. The third-order valence-electron chi connectivity index (χ3n) is 7.24. The van der Waals surface area contributed by atoms with Gasteiger partial charge in [0.1, 0.15) is 37.9 Å². The maximum atomic E-state index is 9.47. The predicted octanol–water partition coefficient (Wildman–Crippen LogP) is 7.44. The first-order valence-electron chi connectivity index (χ1n) is 14.0. The monoisotopic (exact) mass is 605 g/mol. The van der Waals surface area contributed by atoms with E-state index in [0.29, 0.717) is 49.5 Å². The zero-order valence-corrected chi connectivity index (χ0v) is 25.7. The van der Waals surface area contributed by atoms with Gasteiger partial charge in [0.05, 0.1) is 11.6 Å². The molecule has 1 aliphatic rings. The van der Waals surface area contributed by atoms with Crippen LogP contribution in [0.1, 0.15) is 29.2 Å². The van der Waals surface area contributed by atoms with E-state index in [4.69, 9.17) is 30.5 Å². The Morgan fingerprint density at radius 3 is 2.50 bits per heavy atom. The zero-order valence-electron chi connectivity index (χ0n) is 24.1. The van der Waals surface area contributed by atoms with E-state index in [2.05, 4.69) is 54.9 Å². The molecule has 4 aromatic rings. The fourth-order valence-electron chi connectivity index (χ4n) is 4.75. The molecule has 5 rings (SSSR count). The number of halogens is 1. The molecule has 0 aromatic heterocycles. The van der Waals surface area contributed by atoms with Crippen LogP contribution in [-0.4, -0.2) is 37.2 Å². The summed E-state index contributed by atoms with van der Waals surface area (Å²) in [6.07, 6.45) is 2.06. The fraction of sp³-hybridized carbons (Fsp3) is 0.294. The number of nitrogens with one attached hydrogen (secondary N) is 1. The Kier molecular flexibility index (Phi) is 10.2. The van der Waals surface area contributed by atoms with Gasteiger partial charge in [-0.25, -0.2) is 0 Å². The Hall–Kier alpha value is -3.36. The number of fused-ring (bicyclic) bond motifs is 1. The normalized spacial score (nSPS) is 13.1. The van der Waals surface area contributed by atoms with Crippen molar-refractivity contribution >= 4 is 23.4 Å². The summed E-state index contributed by atoms with van der Waals surface area (Å²) in [5, 5.41) is 13.3. The summed E-state index contributed by atoms with van der Waals surface area (Å²) in [5.74, 6) is 2.77. The number of thioether (sulfide) groups is 1. The van der Waals surface area contributed by atoms with Crippen LogP contribution in [-0.2, 0) is 19.8 Å². The van der Waals surface area contributed by atoms with Crippen molar-refractivity contribution in [1.29, 1.82) is 0 Å². The smallest absolute Gasteiger partial charge is 0.161 e. The molecule has 1 unspecified atom stereocenters. The van der Waals surface area contributed by atoms with Gasteiger partial charge < -0.3 is 29.4 Å². The molecular weight excluding hydrogens is 570 g/mol. The van der Waals surface area contributed by atoms with E-state index in [1.165, 1.54) is 4.90 Å². The number of benzene rings is 4. The van der Waals surface area contributed by atoms with Gasteiger partial charge in [-0.1, -0.05) is 48.0 Å². The van der Waals surface area contributed by atoms with Crippen LogP contribution in [0.5, 0.6) is 23.0 Å². The minimum Gasteiger partial charge on any atom is -0.488 e. The first kappa shape index (κ1) is 30.1. The quantitative estimate of drug-likeness (QED) is 0.163. The van der Waals surface area contributed by atoms with Gasteiger partial charge >= 0.3 is 0 Å². The average molecular weight is 606 g/mol. The maximum absolute atomic E-state index is 9.47. The molecule has 0 amide bonds. The van der Waals surface area contributed by atoms with Gasteiger partial charge in [0.25, 0.3) is 0 Å². The van der Waals surface area contributed by atoms with Crippen molar-refractivity contribution in [3.8, 4) is 34.1 Å². The number of aliphatic hydroxyl groups excluding tert-OH is 1. The number of ether oxygens (including phenoxy) is 4. The molecule has 1 atom stereocenters. The van der Waals surface area contributed by atoms with Crippen molar-refractivity contribution in [2.45, 2.75) is 44.5 Å². The second-order valence-electron chi connectivity index (χ2n) is 10.2. The summed E-state index contributed by atoms with van der Waals surface area (Å²) in [6, 6.07) is 24.2. The molecule has 6 nitrogen and oxygen atoms in total. The van der Waals surface area contributed by atoms with Crippen molar-refractivity contribution < 1.29 is 24.1 Å². The predicted molar refractivity (Wildman–Crippen MR) is 169 cm³/mol. The highest BCUT2D eigenvalue weighted by atomic mass is 35.5. The lowest BCUT2D eigenvalue weighted by molar-refractivity contribution is 0.171. The zero-order chi connectivity index (χ0) is 29.5. The van der Waals surface area contributed by atoms with Gasteiger partial charge in [0.2, 0.25) is 0 Å². The van der Waals surface area contributed by atoms with E-state index in [9.17, 15) is 5.11 Å². The third-order valence-corrected chi connectivity index (χ3v) is 8.26. The molecule has 0 aliphatic carbocycles. The van der Waals surface area contributed by atoms with Gasteiger partial charge in [-0.05, 0) is 78.3 Å². The average Bonchev–Trinajstić information content (AvgIpc) is 3.02. The van der Waals surface area contributed by atoms with Gasteiger partial charge in [-0.2, -0.15) is 0 Å². The standard InChI is InChI=1S/C34H36ClNO5S/c1-22(19-37)36-18-27-15-30(35)33(17-32(27)40-20-24-6-4-8-28(14-24)42-3)41-21-26-7-5-9-29(23(26)2)25-10-11-31-34(16-25)39-13-12-38-31/h4-11,14-17,22,36-37H,12-13,18-21H2,1-3H3. The van der Waals surface area contributed by atoms with E-state index < -0.39 is 0 Å². The number of hydrogen-bond donors (Lipinski definition) is 2. The van der Waals surface area contributed by atoms with E-state index in [-0.39, 0.29) is 12.6 Å². The van der Waals surface area contributed by atoms with Gasteiger partial charge in [-0.3, -0.25) is 0 Å². The molecule has 8 heteroatoms. The molecule has 1 aliphatic heterocycles. The third kappa shape index (κ3) is 7.34. The summed E-state index contributed by atoms with van der Waals surface area (Å²) in [5.41, 5.74) is 6.31. The molecule has 0 saturated heterocycles. The van der Waals surface area contributed by atoms with Crippen LogP contribution < -0.4 is 24.3 Å². The van der Waals surface area contributed by atoms with Crippen LogP contribution in [0.15, 0.2) is 77.7 Å². The molecule has 2 N–H and O–H groups in total. The van der Waals surface area contributed by atoms with Crippen LogP contribution >= 0.6 is 23.4 Å². The fourth-order valence-corrected chi connectivity index (χ4v) is 5.47. The van der Waals surface area contributed by atoms with Crippen molar-refractivity contribution in [2.75, 3.05) is 26.1 Å². The van der Waals surface area contributed by atoms with Gasteiger partial charge in [0, 0.05) is 29.1 Å². The molecule has 0 saturated carbocycles. The van der Waals surface area contributed by atoms with E-state index in [1.54, 1.807) is 11.8 Å². The van der Waals surface area contributed by atoms with Gasteiger partial charge in [0.15, 0.2) is 11.5 Å². The highest BCUT2D eigenvalue weighted by molar-refractivity contribution is 7.98. The summed E-state index contributed by atoms with van der Waals surface area (Å²) >= 11 is 8.42. The Labute approximate surface area is 256 Å². The second kappa shape index (κ2) is 14.2. The molecule has 0 bridgehead atoms. The minimum absolute atomic E-state index is 0.0390. The first-order chi connectivity index (χ1) is 20.4. The summed E-state index contributed by atoms with van der Waals surface area (Å²) in [7, 11) is 0. The highest BCUT2D eigenvalue weighted by Crippen LogP contribution is 2.37. The van der Waals surface area contributed by atoms with Crippen molar-refractivity contribution in [3.63, 3.8) is 0 Å². The van der Waals surface area contributed by atoms with Crippen LogP contribution in [0.4, 0.5) is 0 Å². The largest absolute Gasteiger partial charge is 0.488 e. The van der Waals surface area contributed by atoms with Crippen LogP contribution in [0.3, 0.4) is 0 Å². The molecule has 4 aromatic carbocycles. The maximum Gasteiger partial charge on any atom is 0.161 e. The van der Waals surface area contributed by atoms with E-state index in [1.807, 2.05) is 43.3 Å². The van der Waals surface area contributed by atoms with Gasteiger partial charge in [-0.15, -0.1) is 11.8 Å². The lowest BCUT2D eigenvalue weighted by Crippen LogP contribution is -2.28. The molecule has 220 valence electrons. The Morgan fingerprint density at radius 1 is 0.905 bits per heavy atom. The number of hydrogen-bond acceptors (Lipinski definition) is 7. The first-order valence-corrected chi connectivity index (χ1v) is 15.6. The molecular formula is C34H36ClNO5S. The highest BCUT2D eigenvalue weighted by Gasteiger charge is 2.16. The van der Waals surface area contributed by atoms with E-state index in [0.717, 1.165) is 44.9 Å². The number of rotatable bonds is 12.